The van der Waals surface area contributed by atoms with Crippen molar-refractivity contribution in [3.8, 4) is 11.5 Å². The molecule has 46 heavy (non-hydrogen) atoms. The Labute approximate surface area is 271 Å². The molecule has 0 amide bonds. The number of pyridine rings is 1. The van der Waals surface area contributed by atoms with E-state index in [0.29, 0.717) is 24.3 Å². The number of nitrogens with one attached hydrogen (secondary N) is 1. The number of fused-ring (bicyclic) bond motifs is 3. The molecule has 0 spiro atoms. The van der Waals surface area contributed by atoms with Gasteiger partial charge in [0.15, 0.2) is 23.2 Å². The number of benzene rings is 1. The number of aromatic nitrogens is 3. The Morgan fingerprint density at radius 2 is 2.02 bits per heavy atom. The van der Waals surface area contributed by atoms with Crippen LogP contribution in [0.2, 0.25) is 0 Å². The van der Waals surface area contributed by atoms with Crippen LogP contribution in [0.3, 0.4) is 0 Å². The zero-order valence-corrected chi connectivity index (χ0v) is 27.6. The number of unbranched alkanes of at least 4 members (excludes halogenated alkanes) is 1. The largest absolute Gasteiger partial charge is 0.489 e. The number of rotatable bonds is 8. The van der Waals surface area contributed by atoms with E-state index < -0.39 is 0 Å². The van der Waals surface area contributed by atoms with Crippen LogP contribution < -0.4 is 19.7 Å². The van der Waals surface area contributed by atoms with E-state index in [2.05, 4.69) is 65.6 Å². The number of carbonyl (C=O) groups excluding carboxylic acids is 1. The molecule has 3 aromatic rings. The summed E-state index contributed by atoms with van der Waals surface area (Å²) in [6.07, 6.45) is 12.9. The van der Waals surface area contributed by atoms with Crippen LogP contribution in [0, 0.1) is 18.8 Å². The third kappa shape index (κ3) is 7.44. The monoisotopic (exact) mass is 621 g/mol. The smallest absolute Gasteiger partial charge is 0.172 e. The Hall–Kier alpha value is -4.99. The van der Waals surface area contributed by atoms with Crippen molar-refractivity contribution in [3.63, 3.8) is 0 Å². The Kier molecular flexibility index (Phi) is 10.1. The predicted octanol–water partition coefficient (Wildman–Crippen LogP) is 7.47. The van der Waals surface area contributed by atoms with E-state index in [4.69, 9.17) is 14.5 Å². The first-order valence-electron chi connectivity index (χ1n) is 15.8. The normalized spacial score (nSPS) is 18.4. The van der Waals surface area contributed by atoms with Crippen molar-refractivity contribution >= 4 is 40.4 Å². The van der Waals surface area contributed by atoms with Gasteiger partial charge in [-0.15, -0.1) is 0 Å². The molecule has 1 N–H and O–H groups in total. The Morgan fingerprint density at radius 1 is 1.22 bits per heavy atom. The van der Waals surface area contributed by atoms with Crippen molar-refractivity contribution in [1.82, 2.24) is 20.0 Å². The number of ketones is 1. The zero-order chi connectivity index (χ0) is 32.8. The molecule has 0 aliphatic carbocycles. The molecule has 10 nitrogen and oxygen atoms in total. The molecule has 0 bridgehead atoms. The van der Waals surface area contributed by atoms with Crippen molar-refractivity contribution in [2.24, 2.45) is 16.9 Å². The lowest BCUT2D eigenvalue weighted by atomic mass is 9.99. The second-order valence-corrected chi connectivity index (χ2v) is 12.0. The third-order valence-corrected chi connectivity index (χ3v) is 8.05. The Bertz CT molecular complexity index is 1740. The summed E-state index contributed by atoms with van der Waals surface area (Å²) in [4.78, 5) is 26.2. The standard InChI is InChI=1S/C32H37N7O2.C4H6O/c1-6-7-11-38-17-20(2)18-40-29-15-26-30(37-32(29)38)31(34-19-33-26)36-24-8-9-28(21(3)13-24)41-25-10-12-39-27(14-25)23(5)22(4)16-35-39;1-3-4(2)5/h8-10,12-16,19-20,22H,6-7,11,17-18H2,1-5H3,(H,33,34,36);3H,1H2,2H3. The highest BCUT2D eigenvalue weighted by Crippen LogP contribution is 2.36. The zero-order valence-electron chi connectivity index (χ0n) is 27.6. The average Bonchev–Trinajstić information content (AvgIpc) is 3.20. The number of hydrazone groups is 1. The summed E-state index contributed by atoms with van der Waals surface area (Å²) in [5, 5.41) is 9.85. The van der Waals surface area contributed by atoms with Gasteiger partial charge < -0.3 is 19.7 Å². The molecule has 0 fully saturated rings. The molecule has 0 radical (unpaired) electrons. The van der Waals surface area contributed by atoms with E-state index >= 15 is 0 Å². The lowest BCUT2D eigenvalue weighted by Crippen LogP contribution is -2.30. The van der Waals surface area contributed by atoms with Crippen LogP contribution in [0.15, 0.2) is 83.7 Å². The van der Waals surface area contributed by atoms with Crippen LogP contribution in [-0.2, 0) is 4.79 Å². The van der Waals surface area contributed by atoms with Crippen molar-refractivity contribution in [2.75, 3.05) is 29.9 Å². The van der Waals surface area contributed by atoms with Gasteiger partial charge in [-0.3, -0.25) is 4.79 Å². The fraction of sp³-hybridized carbons (Fsp3) is 0.361. The molecule has 240 valence electrons. The molecule has 6 rings (SSSR count). The van der Waals surface area contributed by atoms with Gasteiger partial charge in [0.25, 0.3) is 0 Å². The lowest BCUT2D eigenvalue weighted by molar-refractivity contribution is -0.112. The summed E-state index contributed by atoms with van der Waals surface area (Å²) < 4.78 is 12.4. The molecule has 3 aliphatic heterocycles. The number of hydrogen-bond donors (Lipinski definition) is 1. The van der Waals surface area contributed by atoms with E-state index in [9.17, 15) is 4.79 Å². The molecule has 10 heteroatoms. The van der Waals surface area contributed by atoms with Gasteiger partial charge in [-0.1, -0.05) is 33.8 Å². The Morgan fingerprint density at radius 3 is 2.76 bits per heavy atom. The van der Waals surface area contributed by atoms with Crippen molar-refractivity contribution < 1.29 is 14.3 Å². The number of nitrogens with zero attached hydrogens (tertiary/aromatic N) is 6. The van der Waals surface area contributed by atoms with Crippen LogP contribution in [0.1, 0.15) is 53.0 Å². The predicted molar refractivity (Wildman–Crippen MR) is 184 cm³/mol. The number of aryl methyl sites for hydroxylation is 1. The second kappa shape index (κ2) is 14.4. The molecular weight excluding hydrogens is 578 g/mol. The van der Waals surface area contributed by atoms with Crippen LogP contribution >= 0.6 is 0 Å². The number of carbonyl (C=O) groups is 1. The first kappa shape index (κ1) is 32.4. The molecule has 2 atom stereocenters. The van der Waals surface area contributed by atoms with Crippen molar-refractivity contribution in [1.29, 1.82) is 0 Å². The maximum absolute atomic E-state index is 9.69. The van der Waals surface area contributed by atoms with Gasteiger partial charge in [0.1, 0.15) is 23.4 Å². The second-order valence-electron chi connectivity index (χ2n) is 12.0. The van der Waals surface area contributed by atoms with Gasteiger partial charge in [0, 0.05) is 55.2 Å². The fourth-order valence-electron chi connectivity index (χ4n) is 5.23. The molecule has 2 aromatic heterocycles. The minimum atomic E-state index is 0.0185. The SMILES string of the molecule is C=CC(C)=O.CCCCN1CC(C)COc2cc3ncnc(Nc4ccc(OC5=CC6=C(C)C(C)C=NN6C=C5)c(C)c4)c3nc21. The summed E-state index contributed by atoms with van der Waals surface area (Å²) in [5.41, 5.74) is 5.69. The fourth-order valence-corrected chi connectivity index (χ4v) is 5.23. The summed E-state index contributed by atoms with van der Waals surface area (Å²) in [6.45, 7) is 17.9. The third-order valence-electron chi connectivity index (χ3n) is 8.05. The van der Waals surface area contributed by atoms with Gasteiger partial charge in [-0.25, -0.2) is 20.0 Å². The minimum absolute atomic E-state index is 0.0185. The molecular formula is C36H43N7O3. The maximum atomic E-state index is 9.69. The van der Waals surface area contributed by atoms with Crippen LogP contribution in [0.25, 0.3) is 11.0 Å². The van der Waals surface area contributed by atoms with Crippen LogP contribution in [0.4, 0.5) is 17.3 Å². The number of ether oxygens (including phenoxy) is 2. The molecule has 2 unspecified atom stereocenters. The average molecular weight is 622 g/mol. The number of hydrogen-bond acceptors (Lipinski definition) is 10. The summed E-state index contributed by atoms with van der Waals surface area (Å²) >= 11 is 0. The highest BCUT2D eigenvalue weighted by Gasteiger charge is 2.24. The van der Waals surface area contributed by atoms with E-state index in [1.54, 1.807) is 6.33 Å². The first-order valence-corrected chi connectivity index (χ1v) is 15.8. The first-order chi connectivity index (χ1) is 22.2. The Balaban J connectivity index is 0.000000775. The van der Waals surface area contributed by atoms with E-state index in [1.807, 2.05) is 54.7 Å². The van der Waals surface area contributed by atoms with Gasteiger partial charge in [-0.05, 0) is 68.7 Å². The molecule has 0 saturated heterocycles. The lowest BCUT2D eigenvalue weighted by Gasteiger charge is -2.28. The van der Waals surface area contributed by atoms with Gasteiger partial charge in [-0.2, -0.15) is 5.10 Å². The summed E-state index contributed by atoms with van der Waals surface area (Å²) in [5.74, 6) is 4.61. The minimum Gasteiger partial charge on any atom is -0.489 e. The van der Waals surface area contributed by atoms with E-state index in [1.165, 1.54) is 18.6 Å². The quantitative estimate of drug-likeness (QED) is 0.256. The molecule has 0 saturated carbocycles. The van der Waals surface area contributed by atoms with Gasteiger partial charge in [0.2, 0.25) is 0 Å². The van der Waals surface area contributed by atoms with Gasteiger partial charge in [0.05, 0.1) is 17.8 Å². The van der Waals surface area contributed by atoms with Crippen molar-refractivity contribution in [2.45, 2.75) is 54.4 Å². The summed E-state index contributed by atoms with van der Waals surface area (Å²) in [7, 11) is 0. The number of anilines is 3. The highest BCUT2D eigenvalue weighted by atomic mass is 16.5. The molecule has 5 heterocycles. The number of allylic oxidation sites excluding steroid dienone is 4. The van der Waals surface area contributed by atoms with Crippen LogP contribution in [-0.4, -0.2) is 51.7 Å². The topological polar surface area (TPSA) is 105 Å². The van der Waals surface area contributed by atoms with Crippen LogP contribution in [0.5, 0.6) is 11.5 Å². The van der Waals surface area contributed by atoms with Gasteiger partial charge >= 0.3 is 0 Å². The highest BCUT2D eigenvalue weighted by molar-refractivity contribution is 5.90. The summed E-state index contributed by atoms with van der Waals surface area (Å²) in [6, 6.07) is 8.02. The van der Waals surface area contributed by atoms with E-state index in [0.717, 1.165) is 77.0 Å². The van der Waals surface area contributed by atoms with E-state index in [-0.39, 0.29) is 5.78 Å². The molecule has 1 aromatic carbocycles. The molecule has 3 aliphatic rings. The van der Waals surface area contributed by atoms with Crippen molar-refractivity contribution in [3.05, 3.63) is 84.2 Å². The maximum Gasteiger partial charge on any atom is 0.172 e.